The molecule has 3 nitrogen and oxygen atoms in total. The third kappa shape index (κ3) is 2.51. The molecule has 0 amide bonds. The zero-order valence-corrected chi connectivity index (χ0v) is 10.2. The van der Waals surface area contributed by atoms with Gasteiger partial charge in [-0.05, 0) is 26.1 Å². The topological polar surface area (TPSA) is 29.9 Å². The predicted molar refractivity (Wildman–Crippen MR) is 61.7 cm³/mol. The third-order valence-corrected chi connectivity index (χ3v) is 3.11. The maximum Gasteiger partial charge on any atom is 0.0981 e. The van der Waals surface area contributed by atoms with Gasteiger partial charge in [0.1, 0.15) is 0 Å². The van der Waals surface area contributed by atoms with Crippen LogP contribution in [-0.4, -0.2) is 22.6 Å². The molecule has 0 aromatic carbocycles. The fourth-order valence-corrected chi connectivity index (χ4v) is 2.30. The lowest BCUT2D eigenvalue weighted by atomic mass is 10.2. The van der Waals surface area contributed by atoms with E-state index in [1.807, 2.05) is 11.7 Å². The van der Waals surface area contributed by atoms with Crippen LogP contribution in [0.15, 0.2) is 5.03 Å². The summed E-state index contributed by atoms with van der Waals surface area (Å²) in [7, 11) is 2.00. The Bertz CT molecular complexity index is 294. The standard InChI is InChI=1S/C10H19N3S/c1-5-6-11-7-9-8(2)12-13(3)10(9)14-4/h11H,5-7H2,1-4H3. The van der Waals surface area contributed by atoms with Gasteiger partial charge in [0.05, 0.1) is 10.7 Å². The van der Waals surface area contributed by atoms with Gasteiger partial charge in [0, 0.05) is 19.2 Å². The van der Waals surface area contributed by atoms with Gasteiger partial charge in [0.25, 0.3) is 0 Å². The highest BCUT2D eigenvalue weighted by Crippen LogP contribution is 2.22. The van der Waals surface area contributed by atoms with Crippen molar-refractivity contribution in [1.29, 1.82) is 0 Å². The summed E-state index contributed by atoms with van der Waals surface area (Å²) in [5, 5.41) is 9.10. The lowest BCUT2D eigenvalue weighted by Gasteiger charge is -2.04. The lowest BCUT2D eigenvalue weighted by Crippen LogP contribution is -2.14. The summed E-state index contributed by atoms with van der Waals surface area (Å²) in [5.41, 5.74) is 2.48. The van der Waals surface area contributed by atoms with Gasteiger partial charge in [0.15, 0.2) is 0 Å². The van der Waals surface area contributed by atoms with Crippen LogP contribution in [0.1, 0.15) is 24.6 Å². The molecule has 1 heterocycles. The molecule has 0 unspecified atom stereocenters. The number of hydrogen-bond donors (Lipinski definition) is 1. The minimum absolute atomic E-state index is 0.934. The van der Waals surface area contributed by atoms with Crippen molar-refractivity contribution in [3.63, 3.8) is 0 Å². The number of thioether (sulfide) groups is 1. The largest absolute Gasteiger partial charge is 0.313 e. The smallest absolute Gasteiger partial charge is 0.0981 e. The van der Waals surface area contributed by atoms with Gasteiger partial charge in [-0.1, -0.05) is 6.92 Å². The summed E-state index contributed by atoms with van der Waals surface area (Å²) < 4.78 is 1.96. The fourth-order valence-electron chi connectivity index (χ4n) is 1.53. The molecule has 1 aromatic heterocycles. The van der Waals surface area contributed by atoms with Crippen molar-refractivity contribution in [2.24, 2.45) is 7.05 Å². The molecule has 80 valence electrons. The van der Waals surface area contributed by atoms with Gasteiger partial charge >= 0.3 is 0 Å². The fraction of sp³-hybridized carbons (Fsp3) is 0.700. The van der Waals surface area contributed by atoms with Crippen molar-refractivity contribution >= 4 is 11.8 Å². The van der Waals surface area contributed by atoms with Gasteiger partial charge in [0.2, 0.25) is 0 Å². The van der Waals surface area contributed by atoms with Crippen molar-refractivity contribution in [2.75, 3.05) is 12.8 Å². The van der Waals surface area contributed by atoms with Crippen molar-refractivity contribution in [2.45, 2.75) is 31.8 Å². The lowest BCUT2D eigenvalue weighted by molar-refractivity contribution is 0.653. The van der Waals surface area contributed by atoms with Gasteiger partial charge in [-0.25, -0.2) is 0 Å². The average molecular weight is 213 g/mol. The molecule has 0 aliphatic rings. The molecular formula is C10H19N3S. The van der Waals surface area contributed by atoms with Crippen LogP contribution in [0.3, 0.4) is 0 Å². The van der Waals surface area contributed by atoms with E-state index in [2.05, 4.69) is 30.5 Å². The van der Waals surface area contributed by atoms with Gasteiger partial charge in [-0.3, -0.25) is 4.68 Å². The second kappa shape index (κ2) is 5.41. The summed E-state index contributed by atoms with van der Waals surface area (Å²) in [4.78, 5) is 0. The quantitative estimate of drug-likeness (QED) is 0.599. The highest BCUT2D eigenvalue weighted by Gasteiger charge is 2.10. The summed E-state index contributed by atoms with van der Waals surface area (Å²) in [6.07, 6.45) is 3.27. The Balaban J connectivity index is 2.73. The minimum atomic E-state index is 0.934. The number of aromatic nitrogens is 2. The molecule has 0 bridgehead atoms. The van der Waals surface area contributed by atoms with Crippen LogP contribution in [0, 0.1) is 6.92 Å². The van der Waals surface area contributed by atoms with Crippen LogP contribution in [0.2, 0.25) is 0 Å². The zero-order valence-electron chi connectivity index (χ0n) is 9.42. The molecular weight excluding hydrogens is 194 g/mol. The molecule has 0 aliphatic heterocycles. The first-order valence-corrected chi connectivity index (χ1v) is 6.20. The van der Waals surface area contributed by atoms with E-state index in [1.165, 1.54) is 17.0 Å². The summed E-state index contributed by atoms with van der Waals surface area (Å²) in [6, 6.07) is 0. The van der Waals surface area contributed by atoms with Crippen molar-refractivity contribution in [3.05, 3.63) is 11.3 Å². The minimum Gasteiger partial charge on any atom is -0.313 e. The predicted octanol–water partition coefficient (Wildman–Crippen LogP) is 1.95. The third-order valence-electron chi connectivity index (χ3n) is 2.21. The Morgan fingerprint density at radius 2 is 2.21 bits per heavy atom. The summed E-state index contributed by atoms with van der Waals surface area (Å²) in [5.74, 6) is 0. The first-order valence-electron chi connectivity index (χ1n) is 4.97. The number of rotatable bonds is 5. The Morgan fingerprint density at radius 1 is 1.50 bits per heavy atom. The Hall–Kier alpha value is -0.480. The van der Waals surface area contributed by atoms with Crippen LogP contribution in [0.5, 0.6) is 0 Å². The van der Waals surface area contributed by atoms with Crippen molar-refractivity contribution in [1.82, 2.24) is 15.1 Å². The number of nitrogens with one attached hydrogen (secondary N) is 1. The normalized spacial score (nSPS) is 10.9. The van der Waals surface area contributed by atoms with E-state index in [-0.39, 0.29) is 0 Å². The molecule has 0 atom stereocenters. The van der Waals surface area contributed by atoms with Crippen LogP contribution < -0.4 is 5.32 Å². The molecule has 0 radical (unpaired) electrons. The monoisotopic (exact) mass is 213 g/mol. The van der Waals surface area contributed by atoms with Crippen LogP contribution >= 0.6 is 11.8 Å². The average Bonchev–Trinajstić information content (AvgIpc) is 2.42. The first kappa shape index (κ1) is 11.6. The van der Waals surface area contributed by atoms with E-state index < -0.39 is 0 Å². The number of hydrogen-bond acceptors (Lipinski definition) is 3. The molecule has 0 fully saturated rings. The van der Waals surface area contributed by atoms with Crippen molar-refractivity contribution < 1.29 is 0 Å². The first-order chi connectivity index (χ1) is 6.70. The summed E-state index contributed by atoms with van der Waals surface area (Å²) in [6.45, 7) is 6.26. The molecule has 0 aliphatic carbocycles. The second-order valence-corrected chi connectivity index (χ2v) is 4.17. The highest BCUT2D eigenvalue weighted by molar-refractivity contribution is 7.98. The van der Waals surface area contributed by atoms with Crippen molar-refractivity contribution in [3.8, 4) is 0 Å². The Kier molecular flexibility index (Phi) is 4.48. The number of nitrogens with zero attached hydrogens (tertiary/aromatic N) is 2. The molecule has 0 saturated heterocycles. The van der Waals surface area contributed by atoms with Gasteiger partial charge in [-0.2, -0.15) is 5.10 Å². The second-order valence-electron chi connectivity index (χ2n) is 3.37. The molecule has 1 aromatic rings. The molecule has 4 heteroatoms. The highest BCUT2D eigenvalue weighted by atomic mass is 32.2. The van der Waals surface area contributed by atoms with E-state index in [9.17, 15) is 0 Å². The summed E-state index contributed by atoms with van der Waals surface area (Å²) >= 11 is 1.76. The molecule has 0 saturated carbocycles. The van der Waals surface area contributed by atoms with E-state index in [4.69, 9.17) is 0 Å². The molecule has 14 heavy (non-hydrogen) atoms. The maximum atomic E-state index is 4.42. The van der Waals surface area contributed by atoms with E-state index in [1.54, 1.807) is 11.8 Å². The Labute approximate surface area is 90.3 Å². The molecule has 1 rings (SSSR count). The molecule has 0 spiro atoms. The van der Waals surface area contributed by atoms with E-state index in [0.717, 1.165) is 18.8 Å². The van der Waals surface area contributed by atoms with E-state index in [0.29, 0.717) is 0 Å². The van der Waals surface area contributed by atoms with Crippen LogP contribution in [0.4, 0.5) is 0 Å². The van der Waals surface area contributed by atoms with Gasteiger partial charge < -0.3 is 5.32 Å². The zero-order chi connectivity index (χ0) is 10.6. The van der Waals surface area contributed by atoms with E-state index >= 15 is 0 Å². The van der Waals surface area contributed by atoms with Crippen LogP contribution in [0.25, 0.3) is 0 Å². The Morgan fingerprint density at radius 3 is 2.79 bits per heavy atom. The number of aryl methyl sites for hydroxylation is 2. The maximum absolute atomic E-state index is 4.42. The van der Waals surface area contributed by atoms with Crippen LogP contribution in [-0.2, 0) is 13.6 Å². The molecule has 1 N–H and O–H groups in total. The SMILES string of the molecule is CCCNCc1c(C)nn(C)c1SC. The van der Waals surface area contributed by atoms with Gasteiger partial charge in [-0.15, -0.1) is 11.8 Å².